The van der Waals surface area contributed by atoms with Crippen molar-refractivity contribution < 1.29 is 0 Å². The fraction of sp³-hybridized carbons (Fsp3) is 1.00. The maximum Gasteiger partial charge on any atom is 0.0505 e. The summed E-state index contributed by atoms with van der Waals surface area (Å²) in [5.74, 6) is 0. The van der Waals surface area contributed by atoms with Crippen molar-refractivity contribution in [3.8, 4) is 0 Å². The van der Waals surface area contributed by atoms with E-state index in [-0.39, 0.29) is 27.9 Å². The van der Waals surface area contributed by atoms with Gasteiger partial charge in [-0.15, -0.1) is 0 Å². The van der Waals surface area contributed by atoms with Crippen molar-refractivity contribution >= 4 is 0 Å². The molecule has 192 valence electrons. The molecule has 6 heteroatoms. The highest BCUT2D eigenvalue weighted by Crippen LogP contribution is 2.46. The van der Waals surface area contributed by atoms with Crippen LogP contribution in [0.3, 0.4) is 0 Å². The van der Waals surface area contributed by atoms with E-state index in [9.17, 15) is 0 Å². The normalized spacial score (nSPS) is 29.6. The largest absolute Gasteiger partial charge is 0.327 e. The van der Waals surface area contributed by atoms with Crippen LogP contribution in [0.25, 0.3) is 0 Å². The van der Waals surface area contributed by atoms with E-state index in [1.807, 2.05) is 14.1 Å². The van der Waals surface area contributed by atoms with Crippen molar-refractivity contribution in [3.05, 3.63) is 0 Å². The summed E-state index contributed by atoms with van der Waals surface area (Å²) in [6, 6.07) is 1.49. The average molecular weight is 455 g/mol. The van der Waals surface area contributed by atoms with Crippen LogP contribution in [0.1, 0.15) is 81.1 Å². The van der Waals surface area contributed by atoms with Crippen LogP contribution in [0.5, 0.6) is 0 Å². The zero-order chi connectivity index (χ0) is 25.1. The van der Waals surface area contributed by atoms with Gasteiger partial charge in [0.25, 0.3) is 0 Å². The highest BCUT2D eigenvalue weighted by Gasteiger charge is 2.47. The molecule has 0 bridgehead atoms. The molecular weight excluding hydrogens is 396 g/mol. The molecule has 1 aliphatic heterocycles. The Morgan fingerprint density at radius 2 is 1.09 bits per heavy atom. The van der Waals surface area contributed by atoms with Gasteiger partial charge in [0.15, 0.2) is 0 Å². The van der Waals surface area contributed by atoms with Gasteiger partial charge in [0.2, 0.25) is 0 Å². The summed E-state index contributed by atoms with van der Waals surface area (Å²) in [6.45, 7) is 20.9. The number of rotatable bonds is 6. The van der Waals surface area contributed by atoms with Crippen molar-refractivity contribution in [2.24, 2.45) is 16.6 Å². The Morgan fingerprint density at radius 3 is 1.41 bits per heavy atom. The van der Waals surface area contributed by atoms with Crippen LogP contribution >= 0.6 is 0 Å². The summed E-state index contributed by atoms with van der Waals surface area (Å²) in [7, 11) is 10.7. The van der Waals surface area contributed by atoms with Gasteiger partial charge in [-0.2, -0.15) is 0 Å². The number of nitrogens with one attached hydrogen (secondary N) is 2. The molecule has 0 aromatic carbocycles. The Labute approximate surface area is 201 Å². The minimum atomic E-state index is 0.191. The van der Waals surface area contributed by atoms with E-state index in [4.69, 9.17) is 5.73 Å². The number of nitrogens with two attached hydrogens (primary N) is 1. The lowest BCUT2D eigenvalue weighted by Crippen LogP contribution is -2.63. The molecule has 6 nitrogen and oxygen atoms in total. The fourth-order valence-electron chi connectivity index (χ4n) is 6.30. The third kappa shape index (κ3) is 7.38. The van der Waals surface area contributed by atoms with Gasteiger partial charge in [-0.05, 0) is 99.4 Å². The average Bonchev–Trinajstić information content (AvgIpc) is 2.64. The highest BCUT2D eigenvalue weighted by molar-refractivity contribution is 5.03. The van der Waals surface area contributed by atoms with Crippen molar-refractivity contribution in [3.63, 3.8) is 0 Å². The molecule has 32 heavy (non-hydrogen) atoms. The first kappa shape index (κ1) is 29.8. The Morgan fingerprint density at radius 1 is 0.750 bits per heavy atom. The minimum absolute atomic E-state index is 0.191. The van der Waals surface area contributed by atoms with E-state index in [2.05, 4.69) is 102 Å². The van der Waals surface area contributed by atoms with E-state index < -0.39 is 0 Å². The molecule has 1 saturated carbocycles. The molecule has 0 amide bonds. The minimum Gasteiger partial charge on any atom is -0.327 e. The first-order chi connectivity index (χ1) is 14.4. The lowest BCUT2D eigenvalue weighted by atomic mass is 9.60. The predicted octanol–water partition coefficient (Wildman–Crippen LogP) is 3.38. The summed E-state index contributed by atoms with van der Waals surface area (Å²) in [4.78, 5) is 7.76. The Hall–Kier alpha value is -0.240. The monoisotopic (exact) mass is 454 g/mol. The maximum absolute atomic E-state index is 6.61. The van der Waals surface area contributed by atoms with Crippen molar-refractivity contribution in [2.75, 3.05) is 48.6 Å². The maximum atomic E-state index is 6.61. The summed E-state index contributed by atoms with van der Waals surface area (Å²) >= 11 is 0. The van der Waals surface area contributed by atoms with E-state index in [1.165, 1.54) is 25.7 Å². The van der Waals surface area contributed by atoms with Gasteiger partial charge < -0.3 is 16.4 Å². The Kier molecular flexibility index (Phi) is 10.2. The lowest BCUT2D eigenvalue weighted by molar-refractivity contribution is -0.0600. The number of piperidine rings is 1. The Bertz CT molecular complexity index is 487. The third-order valence-electron chi connectivity index (χ3n) is 8.54. The zero-order valence-electron chi connectivity index (χ0n) is 23.9. The first-order valence-corrected chi connectivity index (χ1v) is 12.6. The molecule has 1 heterocycles. The van der Waals surface area contributed by atoms with Crippen LogP contribution in [-0.2, 0) is 0 Å². The molecule has 2 rings (SSSR count). The van der Waals surface area contributed by atoms with Crippen molar-refractivity contribution in [2.45, 2.75) is 110 Å². The zero-order valence-corrected chi connectivity index (χ0v) is 23.9. The molecule has 2 aliphatic rings. The number of likely N-dealkylation sites (tertiary alicyclic amines) is 1. The molecular formula is C26H58N6. The van der Waals surface area contributed by atoms with Crippen LogP contribution in [0.2, 0.25) is 0 Å². The SMILES string of the molecule is CN(CN(C)C1CC(C)(C)N(C)C(C)(C)C1)C1CC(C)(C)C(N)C(C)(C)C1.CNCNC. The van der Waals surface area contributed by atoms with Crippen LogP contribution in [0.4, 0.5) is 0 Å². The van der Waals surface area contributed by atoms with Crippen molar-refractivity contribution in [1.29, 1.82) is 0 Å². The molecule has 0 spiro atoms. The molecule has 4 N–H and O–H groups in total. The van der Waals surface area contributed by atoms with Gasteiger partial charge in [0.05, 0.1) is 6.67 Å². The quantitative estimate of drug-likeness (QED) is 0.535. The van der Waals surface area contributed by atoms with Gasteiger partial charge in [-0.1, -0.05) is 27.7 Å². The second-order valence-electron chi connectivity index (χ2n) is 13.3. The number of hydrogen-bond donors (Lipinski definition) is 3. The first-order valence-electron chi connectivity index (χ1n) is 12.6. The molecule has 0 aromatic heterocycles. The topological polar surface area (TPSA) is 59.8 Å². The van der Waals surface area contributed by atoms with Crippen LogP contribution in [0.15, 0.2) is 0 Å². The van der Waals surface area contributed by atoms with E-state index in [0.29, 0.717) is 12.1 Å². The van der Waals surface area contributed by atoms with Gasteiger partial charge in [0.1, 0.15) is 0 Å². The number of hydrogen-bond acceptors (Lipinski definition) is 6. The van der Waals surface area contributed by atoms with Crippen LogP contribution in [-0.4, -0.2) is 92.5 Å². The number of nitrogens with zero attached hydrogens (tertiary/aromatic N) is 3. The molecule has 0 radical (unpaired) electrons. The lowest BCUT2D eigenvalue weighted by Gasteiger charge is -2.56. The van der Waals surface area contributed by atoms with Crippen molar-refractivity contribution in [1.82, 2.24) is 25.3 Å². The summed E-state index contributed by atoms with van der Waals surface area (Å²) in [5, 5.41) is 5.81. The standard InChI is InChI=1S/C23H48N4.C3H10N2/c1-20(2)12-17(13-21(3,4)19(20)24)25(9)16-26(10)18-14-22(5,6)27(11)23(7,8)15-18;1-4-3-5-2/h17-19H,12-16,24H2,1-11H3;4-5H,3H2,1-2H3. The third-order valence-corrected chi connectivity index (χ3v) is 8.54. The molecule has 0 atom stereocenters. The second-order valence-corrected chi connectivity index (χ2v) is 13.3. The highest BCUT2D eigenvalue weighted by atomic mass is 15.3. The molecule has 1 saturated heterocycles. The van der Waals surface area contributed by atoms with E-state index in [1.54, 1.807) is 0 Å². The van der Waals surface area contributed by atoms with Gasteiger partial charge in [-0.3, -0.25) is 14.7 Å². The summed E-state index contributed by atoms with van der Waals surface area (Å²) in [5.41, 5.74) is 7.47. The van der Waals surface area contributed by atoms with E-state index in [0.717, 1.165) is 13.3 Å². The molecule has 0 aromatic rings. The van der Waals surface area contributed by atoms with Crippen LogP contribution < -0.4 is 16.4 Å². The van der Waals surface area contributed by atoms with Gasteiger partial charge >= 0.3 is 0 Å². The summed E-state index contributed by atoms with van der Waals surface area (Å²) < 4.78 is 0. The van der Waals surface area contributed by atoms with E-state index >= 15 is 0 Å². The molecule has 1 aliphatic carbocycles. The fourth-order valence-corrected chi connectivity index (χ4v) is 6.30. The summed E-state index contributed by atoms with van der Waals surface area (Å²) in [6.07, 6.45) is 4.83. The van der Waals surface area contributed by atoms with Crippen LogP contribution in [0, 0.1) is 10.8 Å². The van der Waals surface area contributed by atoms with Gasteiger partial charge in [-0.25, -0.2) is 0 Å². The second kappa shape index (κ2) is 11.0. The molecule has 2 fully saturated rings. The predicted molar refractivity (Wildman–Crippen MR) is 141 cm³/mol. The molecule has 0 unspecified atom stereocenters. The smallest absolute Gasteiger partial charge is 0.0505 e. The van der Waals surface area contributed by atoms with Gasteiger partial charge in [0, 0.05) is 35.9 Å². The Balaban J connectivity index is 0.000000920.